The molecule has 7 nitrogen and oxygen atoms in total. The molecule has 1 aromatic carbocycles. The maximum Gasteiger partial charge on any atom is 0.337 e. The van der Waals surface area contributed by atoms with E-state index < -0.39 is 17.8 Å². The monoisotopic (exact) mass is 644 g/mol. The van der Waals surface area contributed by atoms with Gasteiger partial charge in [-0.3, -0.25) is 9.59 Å². The van der Waals surface area contributed by atoms with Crippen molar-refractivity contribution in [3.63, 3.8) is 0 Å². The lowest BCUT2D eigenvalue weighted by Crippen LogP contribution is -2.32. The van der Waals surface area contributed by atoms with Crippen molar-refractivity contribution in [3.8, 4) is 0 Å². The summed E-state index contributed by atoms with van der Waals surface area (Å²) < 4.78 is 0.741. The minimum absolute atomic E-state index is 0.0137. The van der Waals surface area contributed by atoms with E-state index in [1.807, 2.05) is 22.6 Å². The van der Waals surface area contributed by atoms with Gasteiger partial charge in [-0.15, -0.1) is 0 Å². The van der Waals surface area contributed by atoms with Crippen molar-refractivity contribution in [2.45, 2.75) is 0 Å². The molecule has 0 aliphatic rings. The maximum absolute atomic E-state index is 12.5. The highest BCUT2D eigenvalue weighted by atomic mass is 127. The van der Waals surface area contributed by atoms with Gasteiger partial charge in [-0.05, 0) is 67.8 Å². The molecule has 4 N–H and O–H groups in total. The highest BCUT2D eigenvalue weighted by Gasteiger charge is 2.30. The molecule has 0 saturated carbocycles. The third-order valence-corrected chi connectivity index (χ3v) is 6.01. The van der Waals surface area contributed by atoms with Crippen LogP contribution >= 0.6 is 67.8 Å². The predicted octanol–water partition coefficient (Wildman–Crippen LogP) is 1.36. The maximum atomic E-state index is 12.5. The molecular formula is C12H11I3N2O5. The van der Waals surface area contributed by atoms with Crippen LogP contribution < -0.4 is 5.73 Å². The van der Waals surface area contributed by atoms with Gasteiger partial charge in [0, 0.05) is 24.3 Å². The molecule has 0 aromatic heterocycles. The topological polar surface area (TPSA) is 121 Å². The van der Waals surface area contributed by atoms with Crippen LogP contribution in [-0.2, 0) is 0 Å². The Hall–Kier alpha value is -0.220. The summed E-state index contributed by atoms with van der Waals surface area (Å²) in [6, 6.07) is 0. The molecule has 0 bridgehead atoms. The van der Waals surface area contributed by atoms with Gasteiger partial charge in [0.05, 0.1) is 23.3 Å². The lowest BCUT2D eigenvalue weighted by molar-refractivity contribution is 0.0694. The van der Waals surface area contributed by atoms with Crippen molar-refractivity contribution in [2.24, 2.45) is 5.73 Å². The van der Waals surface area contributed by atoms with Gasteiger partial charge in [-0.25, -0.2) is 4.79 Å². The fraction of sp³-hybridized carbons (Fsp3) is 0.250. The number of nitrogens with two attached hydrogens (primary N) is 1. The molecule has 0 spiro atoms. The van der Waals surface area contributed by atoms with E-state index in [4.69, 9.17) is 10.8 Å². The number of benzene rings is 1. The fourth-order valence-electron chi connectivity index (χ4n) is 1.70. The van der Waals surface area contributed by atoms with Gasteiger partial charge in [0.15, 0.2) is 0 Å². The summed E-state index contributed by atoms with van der Waals surface area (Å²) in [5.41, 5.74) is 5.32. The van der Waals surface area contributed by atoms with Gasteiger partial charge < -0.3 is 20.8 Å². The Labute approximate surface area is 167 Å². The summed E-state index contributed by atoms with van der Waals surface area (Å²) in [5.74, 6) is -2.53. The molecule has 120 valence electrons. The standard InChI is InChI=1S/C12H11I3N2O5/c1-17(2-3-18)11(20)5-7(13)4(10(16)19)8(14)6(9(5)15)12(21)22/h18H,2-3H2,1H3,(H2,16,19)(H,21,22). The number of primary amides is 1. The second kappa shape index (κ2) is 8.05. The van der Waals surface area contributed by atoms with Gasteiger partial charge >= 0.3 is 5.97 Å². The number of aliphatic hydroxyl groups is 1. The third kappa shape index (κ3) is 3.81. The number of hydrogen-bond donors (Lipinski definition) is 3. The van der Waals surface area contributed by atoms with Gasteiger partial charge in [0.25, 0.3) is 11.8 Å². The van der Waals surface area contributed by atoms with E-state index in [0.29, 0.717) is 3.57 Å². The second-order valence-electron chi connectivity index (χ2n) is 4.19. The zero-order valence-corrected chi connectivity index (χ0v) is 17.7. The van der Waals surface area contributed by atoms with E-state index in [2.05, 4.69) is 0 Å². The van der Waals surface area contributed by atoms with Crippen LogP contribution in [-0.4, -0.2) is 53.1 Å². The molecule has 0 radical (unpaired) electrons. The summed E-state index contributed by atoms with van der Waals surface area (Å²) in [7, 11) is 1.48. The average molecular weight is 644 g/mol. The lowest BCUT2D eigenvalue weighted by Gasteiger charge is -2.20. The fourth-order valence-corrected chi connectivity index (χ4v) is 6.32. The summed E-state index contributed by atoms with van der Waals surface area (Å²) in [6.07, 6.45) is 0. The largest absolute Gasteiger partial charge is 0.478 e. The van der Waals surface area contributed by atoms with Crippen molar-refractivity contribution < 1.29 is 24.6 Å². The Morgan fingerprint density at radius 1 is 1.05 bits per heavy atom. The SMILES string of the molecule is CN(CCO)C(=O)c1c(I)c(C(N)=O)c(I)c(C(=O)O)c1I. The molecule has 0 aliphatic heterocycles. The van der Waals surface area contributed by atoms with Crippen LogP contribution in [0.25, 0.3) is 0 Å². The number of aliphatic hydroxyl groups excluding tert-OH is 1. The number of nitrogens with zero attached hydrogens (tertiary/aromatic N) is 1. The first-order valence-corrected chi connectivity index (χ1v) is 8.98. The first kappa shape index (κ1) is 19.8. The number of carbonyl (C=O) groups excluding carboxylic acids is 2. The quantitative estimate of drug-likeness (QED) is 0.419. The van der Waals surface area contributed by atoms with Crippen molar-refractivity contribution in [2.75, 3.05) is 20.2 Å². The zero-order chi connectivity index (χ0) is 17.2. The molecule has 22 heavy (non-hydrogen) atoms. The van der Waals surface area contributed by atoms with E-state index >= 15 is 0 Å². The van der Waals surface area contributed by atoms with E-state index in [1.54, 1.807) is 45.2 Å². The van der Waals surface area contributed by atoms with Crippen molar-refractivity contribution in [1.82, 2.24) is 4.90 Å². The first-order valence-electron chi connectivity index (χ1n) is 5.74. The van der Waals surface area contributed by atoms with Crippen LogP contribution in [0.5, 0.6) is 0 Å². The van der Waals surface area contributed by atoms with Crippen LogP contribution in [0.1, 0.15) is 31.1 Å². The smallest absolute Gasteiger partial charge is 0.337 e. The molecule has 2 amide bonds. The van der Waals surface area contributed by atoms with E-state index in [0.717, 1.165) is 0 Å². The number of carboxylic acids is 1. The number of halogens is 3. The average Bonchev–Trinajstić information content (AvgIpc) is 2.37. The highest BCUT2D eigenvalue weighted by molar-refractivity contribution is 14.1. The minimum atomic E-state index is -1.24. The number of amides is 2. The first-order chi connectivity index (χ1) is 10.1. The van der Waals surface area contributed by atoms with Crippen LogP contribution in [0, 0.1) is 10.7 Å². The zero-order valence-electron chi connectivity index (χ0n) is 11.2. The van der Waals surface area contributed by atoms with Crippen molar-refractivity contribution in [3.05, 3.63) is 27.4 Å². The second-order valence-corrected chi connectivity index (χ2v) is 7.42. The van der Waals surface area contributed by atoms with Crippen LogP contribution in [0.15, 0.2) is 0 Å². The highest BCUT2D eigenvalue weighted by Crippen LogP contribution is 2.32. The van der Waals surface area contributed by atoms with E-state index in [-0.39, 0.29) is 37.0 Å². The van der Waals surface area contributed by atoms with Gasteiger partial charge in [-0.1, -0.05) is 0 Å². The summed E-state index contributed by atoms with van der Waals surface area (Å²) in [4.78, 5) is 36.9. The number of likely N-dealkylation sites (N-methyl/N-ethyl adjacent to an activating group) is 1. The van der Waals surface area contributed by atoms with Crippen LogP contribution in [0.3, 0.4) is 0 Å². The molecule has 0 saturated heterocycles. The molecule has 0 aliphatic carbocycles. The molecule has 1 rings (SSSR count). The van der Waals surface area contributed by atoms with Crippen molar-refractivity contribution >= 4 is 85.6 Å². The Kier molecular flexibility index (Phi) is 7.25. The molecular weight excluding hydrogens is 633 g/mol. The van der Waals surface area contributed by atoms with Crippen LogP contribution in [0.2, 0.25) is 0 Å². The summed E-state index contributed by atoms with van der Waals surface area (Å²) in [6.45, 7) is -0.139. The number of aromatic carboxylic acids is 1. The molecule has 0 fully saturated rings. The number of hydrogen-bond acceptors (Lipinski definition) is 4. The Bertz CT molecular complexity index is 622. The van der Waals surface area contributed by atoms with E-state index in [9.17, 15) is 19.5 Å². The molecule has 0 unspecified atom stereocenters. The van der Waals surface area contributed by atoms with Gasteiger partial charge in [0.1, 0.15) is 0 Å². The summed E-state index contributed by atoms with van der Waals surface area (Å²) >= 11 is 5.32. The number of carboxylic acid groups (broad SMARTS) is 1. The third-order valence-electron chi connectivity index (χ3n) is 2.77. The van der Waals surface area contributed by atoms with E-state index in [1.165, 1.54) is 11.9 Å². The van der Waals surface area contributed by atoms with Gasteiger partial charge in [-0.2, -0.15) is 0 Å². The Morgan fingerprint density at radius 3 is 1.91 bits per heavy atom. The van der Waals surface area contributed by atoms with Crippen LogP contribution in [0.4, 0.5) is 0 Å². The summed E-state index contributed by atoms with van der Waals surface area (Å²) in [5, 5.41) is 18.3. The molecule has 10 heteroatoms. The predicted molar refractivity (Wildman–Crippen MR) is 104 cm³/mol. The normalized spacial score (nSPS) is 10.4. The van der Waals surface area contributed by atoms with Gasteiger partial charge in [0.2, 0.25) is 0 Å². The Balaban J connectivity index is 3.74. The molecule has 0 heterocycles. The van der Waals surface area contributed by atoms with Crippen molar-refractivity contribution in [1.29, 1.82) is 0 Å². The molecule has 0 atom stereocenters. The molecule has 1 aromatic rings. The number of carbonyl (C=O) groups is 3. The lowest BCUT2D eigenvalue weighted by atomic mass is 10.0. The minimum Gasteiger partial charge on any atom is -0.478 e. The number of rotatable bonds is 5. The Morgan fingerprint density at radius 2 is 1.50 bits per heavy atom.